The van der Waals surface area contributed by atoms with Gasteiger partial charge in [-0.05, 0) is 25.0 Å². The van der Waals surface area contributed by atoms with E-state index in [1.807, 2.05) is 13.8 Å². The van der Waals surface area contributed by atoms with Gasteiger partial charge in [-0.3, -0.25) is 0 Å². The van der Waals surface area contributed by atoms with Crippen molar-refractivity contribution >= 4 is 16.7 Å². The molecule has 96 valence electrons. The Balaban J connectivity index is 2.78. The first-order valence-electron chi connectivity index (χ1n) is 5.79. The Morgan fingerprint density at radius 3 is 2.44 bits per heavy atom. The molecule has 0 spiro atoms. The van der Waals surface area contributed by atoms with Gasteiger partial charge in [-0.25, -0.2) is 18.2 Å². The predicted molar refractivity (Wildman–Crippen MR) is 65.2 cm³/mol. The average Bonchev–Trinajstić information content (AvgIpc) is 2.36. The zero-order chi connectivity index (χ0) is 13.3. The van der Waals surface area contributed by atoms with Gasteiger partial charge in [0.25, 0.3) is 0 Å². The number of nitrogens with zero attached hydrogens (tertiary/aromatic N) is 1. The molecule has 0 radical (unpaired) electrons. The number of hydrogen-bond donors (Lipinski definition) is 1. The summed E-state index contributed by atoms with van der Waals surface area (Å²) in [5.41, 5.74) is 0.495. The van der Waals surface area contributed by atoms with Gasteiger partial charge in [0, 0.05) is 18.0 Å². The highest BCUT2D eigenvalue weighted by Crippen LogP contribution is 2.26. The number of hydrogen-bond acceptors (Lipinski definition) is 2. The van der Waals surface area contributed by atoms with Gasteiger partial charge < -0.3 is 5.32 Å². The van der Waals surface area contributed by atoms with Crippen LogP contribution < -0.4 is 5.32 Å². The number of aryl methyl sites for hydroxylation is 1. The molecule has 2 nitrogen and oxygen atoms in total. The van der Waals surface area contributed by atoms with Gasteiger partial charge in [0.2, 0.25) is 0 Å². The first kappa shape index (κ1) is 12.7. The van der Waals surface area contributed by atoms with Crippen LogP contribution in [0.25, 0.3) is 10.9 Å². The largest absolute Gasteiger partial charge is 0.370 e. The van der Waals surface area contributed by atoms with Crippen molar-refractivity contribution in [1.29, 1.82) is 0 Å². The first-order valence-corrected chi connectivity index (χ1v) is 5.79. The molecule has 0 aliphatic heterocycles. The third-order valence-electron chi connectivity index (χ3n) is 2.75. The summed E-state index contributed by atoms with van der Waals surface area (Å²) >= 11 is 0. The molecule has 0 amide bonds. The molecule has 2 rings (SSSR count). The average molecular weight is 254 g/mol. The van der Waals surface area contributed by atoms with Crippen LogP contribution in [0.4, 0.5) is 19.0 Å². The van der Waals surface area contributed by atoms with E-state index in [2.05, 4.69) is 10.3 Å². The molecule has 2 aromatic rings. The second-order valence-electron chi connectivity index (χ2n) is 3.93. The molecule has 0 unspecified atom stereocenters. The SMILES string of the molecule is CCNc1nc2c(F)c(F)cc(F)c2cc1CC. The zero-order valence-electron chi connectivity index (χ0n) is 10.2. The van der Waals surface area contributed by atoms with Gasteiger partial charge in [0.15, 0.2) is 11.6 Å². The number of benzene rings is 1. The fourth-order valence-electron chi connectivity index (χ4n) is 1.86. The zero-order valence-corrected chi connectivity index (χ0v) is 10.2. The summed E-state index contributed by atoms with van der Waals surface area (Å²) in [5.74, 6) is -2.67. The smallest absolute Gasteiger partial charge is 0.185 e. The van der Waals surface area contributed by atoms with Crippen LogP contribution >= 0.6 is 0 Å². The molecule has 0 bridgehead atoms. The van der Waals surface area contributed by atoms with E-state index < -0.39 is 17.5 Å². The summed E-state index contributed by atoms with van der Waals surface area (Å²) in [6.07, 6.45) is 0.629. The van der Waals surface area contributed by atoms with Gasteiger partial charge in [-0.2, -0.15) is 0 Å². The van der Waals surface area contributed by atoms with Gasteiger partial charge in [0.1, 0.15) is 17.2 Å². The van der Waals surface area contributed by atoms with Crippen molar-refractivity contribution in [3.05, 3.63) is 35.1 Å². The lowest BCUT2D eigenvalue weighted by Crippen LogP contribution is -2.05. The first-order chi connectivity index (χ1) is 8.58. The number of rotatable bonds is 3. The maximum atomic E-state index is 13.6. The monoisotopic (exact) mass is 254 g/mol. The molecule has 1 N–H and O–H groups in total. The van der Waals surface area contributed by atoms with E-state index in [1.54, 1.807) is 0 Å². The van der Waals surface area contributed by atoms with E-state index in [4.69, 9.17) is 0 Å². The minimum Gasteiger partial charge on any atom is -0.370 e. The van der Waals surface area contributed by atoms with Crippen molar-refractivity contribution in [1.82, 2.24) is 4.98 Å². The maximum Gasteiger partial charge on any atom is 0.185 e. The number of aromatic nitrogens is 1. The van der Waals surface area contributed by atoms with Crippen molar-refractivity contribution in [2.24, 2.45) is 0 Å². The van der Waals surface area contributed by atoms with Crippen LogP contribution in [0.2, 0.25) is 0 Å². The quantitative estimate of drug-likeness (QED) is 0.846. The van der Waals surface area contributed by atoms with E-state index in [9.17, 15) is 13.2 Å². The minimum absolute atomic E-state index is 0.00685. The van der Waals surface area contributed by atoms with Crippen LogP contribution in [0.5, 0.6) is 0 Å². The molecule has 0 atom stereocenters. The molecule has 0 saturated carbocycles. The molecule has 0 aliphatic carbocycles. The summed E-state index contributed by atoms with van der Waals surface area (Å²) in [6.45, 7) is 4.36. The fourth-order valence-corrected chi connectivity index (χ4v) is 1.86. The number of nitrogens with one attached hydrogen (secondary N) is 1. The highest BCUT2D eigenvalue weighted by atomic mass is 19.2. The summed E-state index contributed by atoms with van der Waals surface area (Å²) in [4.78, 5) is 3.99. The lowest BCUT2D eigenvalue weighted by atomic mass is 10.1. The van der Waals surface area contributed by atoms with Gasteiger partial charge >= 0.3 is 0 Å². The summed E-state index contributed by atoms with van der Waals surface area (Å²) < 4.78 is 40.3. The van der Waals surface area contributed by atoms with Crippen LogP contribution in [0.1, 0.15) is 19.4 Å². The third-order valence-corrected chi connectivity index (χ3v) is 2.75. The Labute approximate surface area is 103 Å². The van der Waals surface area contributed by atoms with Gasteiger partial charge in [-0.1, -0.05) is 6.92 Å². The predicted octanol–water partition coefficient (Wildman–Crippen LogP) is 3.65. The van der Waals surface area contributed by atoms with Crippen LogP contribution in [0.15, 0.2) is 12.1 Å². The fraction of sp³-hybridized carbons (Fsp3) is 0.308. The standard InChI is InChI=1S/C13H13F3N2/c1-3-7-5-8-9(14)6-10(15)11(16)12(8)18-13(7)17-4-2/h5-6H,3-4H2,1-2H3,(H,17,18). The molecule has 1 aromatic heterocycles. The number of fused-ring (bicyclic) bond motifs is 1. The van der Waals surface area contributed by atoms with E-state index in [0.717, 1.165) is 5.56 Å². The summed E-state index contributed by atoms with van der Waals surface area (Å²) in [5, 5.41) is 2.97. The number of halogens is 3. The second kappa shape index (κ2) is 4.84. The lowest BCUT2D eigenvalue weighted by molar-refractivity contribution is 0.504. The lowest BCUT2D eigenvalue weighted by Gasteiger charge is -2.11. The van der Waals surface area contributed by atoms with Crippen LogP contribution in [0, 0.1) is 17.5 Å². The van der Waals surface area contributed by atoms with Crippen LogP contribution in [-0.4, -0.2) is 11.5 Å². The van der Waals surface area contributed by atoms with Crippen molar-refractivity contribution in [2.45, 2.75) is 20.3 Å². The highest BCUT2D eigenvalue weighted by Gasteiger charge is 2.16. The summed E-state index contributed by atoms with van der Waals surface area (Å²) in [7, 11) is 0. The molecule has 0 fully saturated rings. The Morgan fingerprint density at radius 1 is 1.11 bits per heavy atom. The Hall–Kier alpha value is -1.78. The number of pyridine rings is 1. The van der Waals surface area contributed by atoms with Crippen LogP contribution in [-0.2, 0) is 6.42 Å². The molecule has 18 heavy (non-hydrogen) atoms. The van der Waals surface area contributed by atoms with Crippen molar-refractivity contribution < 1.29 is 13.2 Å². The maximum absolute atomic E-state index is 13.6. The topological polar surface area (TPSA) is 24.9 Å². The number of anilines is 1. The minimum atomic E-state index is -1.22. The Bertz CT molecular complexity index is 597. The van der Waals surface area contributed by atoms with Crippen LogP contribution in [0.3, 0.4) is 0 Å². The van der Waals surface area contributed by atoms with Gasteiger partial charge in [0.05, 0.1) is 0 Å². The molecular formula is C13H13F3N2. The van der Waals surface area contributed by atoms with E-state index in [0.29, 0.717) is 24.8 Å². The molecule has 1 aromatic carbocycles. The molecule has 1 heterocycles. The normalized spacial score (nSPS) is 10.9. The van der Waals surface area contributed by atoms with E-state index in [-0.39, 0.29) is 10.9 Å². The molecular weight excluding hydrogens is 241 g/mol. The Kier molecular flexibility index (Phi) is 3.41. The van der Waals surface area contributed by atoms with Gasteiger partial charge in [-0.15, -0.1) is 0 Å². The Morgan fingerprint density at radius 2 is 1.83 bits per heavy atom. The molecule has 5 heteroatoms. The third kappa shape index (κ3) is 2.00. The second-order valence-corrected chi connectivity index (χ2v) is 3.93. The van der Waals surface area contributed by atoms with Crippen molar-refractivity contribution in [3.8, 4) is 0 Å². The van der Waals surface area contributed by atoms with E-state index >= 15 is 0 Å². The highest BCUT2D eigenvalue weighted by molar-refractivity contribution is 5.83. The van der Waals surface area contributed by atoms with Crippen molar-refractivity contribution in [3.63, 3.8) is 0 Å². The van der Waals surface area contributed by atoms with E-state index in [1.165, 1.54) is 6.07 Å². The molecule has 0 aliphatic rings. The van der Waals surface area contributed by atoms with Crippen molar-refractivity contribution in [2.75, 3.05) is 11.9 Å². The molecule has 0 saturated heterocycles. The summed E-state index contributed by atoms with van der Waals surface area (Å²) in [6, 6.07) is 2.06.